The summed E-state index contributed by atoms with van der Waals surface area (Å²) in [5.41, 5.74) is 2.36. The van der Waals surface area contributed by atoms with Crippen LogP contribution in [-0.4, -0.2) is 21.2 Å². The monoisotopic (exact) mass is 505 g/mol. The van der Waals surface area contributed by atoms with Crippen molar-refractivity contribution in [1.82, 2.24) is 4.98 Å². The van der Waals surface area contributed by atoms with Gasteiger partial charge in [0.2, 0.25) is 5.89 Å². The van der Waals surface area contributed by atoms with Gasteiger partial charge in [0.25, 0.3) is 5.69 Å². The van der Waals surface area contributed by atoms with Crippen LogP contribution >= 0.6 is 39.1 Å². The molecule has 0 saturated heterocycles. The van der Waals surface area contributed by atoms with E-state index in [0.717, 1.165) is 0 Å². The predicted molar refractivity (Wildman–Crippen MR) is 119 cm³/mol. The zero-order chi connectivity index (χ0) is 21.4. The molecule has 1 N–H and O–H groups in total. The molecule has 150 valence electrons. The van der Waals surface area contributed by atoms with Gasteiger partial charge in [-0.2, -0.15) is 0 Å². The molecule has 3 aromatic carbocycles. The maximum absolute atomic E-state index is 11.0. The molecule has 0 spiro atoms. The van der Waals surface area contributed by atoms with Crippen LogP contribution in [0.1, 0.15) is 5.56 Å². The van der Waals surface area contributed by atoms with Crippen LogP contribution in [0.4, 0.5) is 11.4 Å². The number of phenolic OH excluding ortho intramolecular Hbond substituents is 1. The third-order valence-electron chi connectivity index (χ3n) is 4.18. The van der Waals surface area contributed by atoms with Gasteiger partial charge < -0.3 is 9.52 Å². The van der Waals surface area contributed by atoms with E-state index in [9.17, 15) is 15.2 Å². The van der Waals surface area contributed by atoms with Crippen LogP contribution in [0.2, 0.25) is 10.0 Å². The Morgan fingerprint density at radius 3 is 2.67 bits per heavy atom. The second-order valence-electron chi connectivity index (χ2n) is 6.18. The first-order valence-corrected chi connectivity index (χ1v) is 9.93. The molecule has 0 aliphatic heterocycles. The Morgan fingerprint density at radius 2 is 1.93 bits per heavy atom. The Bertz CT molecular complexity index is 1340. The number of aromatic nitrogens is 1. The average Bonchev–Trinajstić information content (AvgIpc) is 3.14. The molecule has 0 bridgehead atoms. The molecule has 0 unspecified atom stereocenters. The van der Waals surface area contributed by atoms with E-state index in [2.05, 4.69) is 25.9 Å². The van der Waals surface area contributed by atoms with Crippen LogP contribution in [0, 0.1) is 10.1 Å². The molecule has 0 aliphatic carbocycles. The number of benzene rings is 3. The van der Waals surface area contributed by atoms with E-state index >= 15 is 0 Å². The summed E-state index contributed by atoms with van der Waals surface area (Å²) in [7, 11) is 0. The molecule has 0 fully saturated rings. The fraction of sp³-hybridized carbons (Fsp3) is 0. The van der Waals surface area contributed by atoms with Gasteiger partial charge in [-0.1, -0.05) is 23.2 Å². The molecule has 0 radical (unpaired) electrons. The first kappa shape index (κ1) is 20.3. The smallest absolute Gasteiger partial charge is 0.271 e. The molecular formula is C20H10BrCl2N3O4. The van der Waals surface area contributed by atoms with Gasteiger partial charge in [-0.05, 0) is 52.3 Å². The number of non-ortho nitro benzene ring substituents is 1. The van der Waals surface area contributed by atoms with E-state index < -0.39 is 4.92 Å². The topological polar surface area (TPSA) is 102 Å². The van der Waals surface area contributed by atoms with Crippen LogP contribution < -0.4 is 0 Å². The minimum atomic E-state index is -0.548. The second-order valence-corrected chi connectivity index (χ2v) is 7.85. The number of aromatic hydroxyl groups is 1. The van der Waals surface area contributed by atoms with Crippen molar-refractivity contribution in [1.29, 1.82) is 0 Å². The molecule has 4 rings (SSSR count). The lowest BCUT2D eigenvalue weighted by atomic mass is 10.2. The second kappa shape index (κ2) is 8.06. The van der Waals surface area contributed by atoms with E-state index in [-0.39, 0.29) is 21.5 Å². The summed E-state index contributed by atoms with van der Waals surface area (Å²) in [6, 6.07) is 12.6. The van der Waals surface area contributed by atoms with Crippen LogP contribution in [0.25, 0.3) is 22.6 Å². The van der Waals surface area contributed by atoms with E-state index in [0.29, 0.717) is 38.3 Å². The zero-order valence-corrected chi connectivity index (χ0v) is 17.9. The van der Waals surface area contributed by atoms with E-state index in [1.807, 2.05) is 0 Å². The lowest BCUT2D eigenvalue weighted by Crippen LogP contribution is -1.91. The first-order valence-electron chi connectivity index (χ1n) is 8.39. The minimum absolute atomic E-state index is 0.145. The fourth-order valence-electron chi connectivity index (χ4n) is 2.70. The summed E-state index contributed by atoms with van der Waals surface area (Å²) in [6.45, 7) is 0. The van der Waals surface area contributed by atoms with Gasteiger partial charge in [0.15, 0.2) is 5.58 Å². The van der Waals surface area contributed by atoms with Crippen molar-refractivity contribution in [3.8, 4) is 17.2 Å². The molecule has 10 heteroatoms. The summed E-state index contributed by atoms with van der Waals surface area (Å²) in [4.78, 5) is 19.2. The normalized spacial score (nSPS) is 11.4. The SMILES string of the molecule is O=[N+]([O-])c1cc(Br)c(O)c(C=Nc2ccc3oc(-c4ccc(Cl)c(Cl)c4)nc3c2)c1. The summed E-state index contributed by atoms with van der Waals surface area (Å²) in [5, 5.41) is 22.0. The summed E-state index contributed by atoms with van der Waals surface area (Å²) in [6.07, 6.45) is 1.34. The highest BCUT2D eigenvalue weighted by Gasteiger charge is 2.14. The number of hydrogen-bond acceptors (Lipinski definition) is 6. The maximum Gasteiger partial charge on any atom is 0.271 e. The predicted octanol–water partition coefficient (Wildman–Crippen LogP) is 6.93. The molecule has 0 aliphatic rings. The van der Waals surface area contributed by atoms with E-state index in [1.54, 1.807) is 36.4 Å². The molecule has 1 heterocycles. The largest absolute Gasteiger partial charge is 0.506 e. The Kier molecular flexibility index (Phi) is 5.46. The van der Waals surface area contributed by atoms with Crippen LogP contribution in [0.3, 0.4) is 0 Å². The number of nitrogens with zero attached hydrogens (tertiary/aromatic N) is 3. The Hall–Kier alpha value is -2.94. The highest BCUT2D eigenvalue weighted by atomic mass is 79.9. The van der Waals surface area contributed by atoms with Crippen molar-refractivity contribution in [2.24, 2.45) is 4.99 Å². The van der Waals surface area contributed by atoms with Crippen molar-refractivity contribution in [2.75, 3.05) is 0 Å². The minimum Gasteiger partial charge on any atom is -0.506 e. The van der Waals surface area contributed by atoms with E-state index in [1.165, 1.54) is 18.3 Å². The Morgan fingerprint density at radius 1 is 1.13 bits per heavy atom. The van der Waals surface area contributed by atoms with Crippen molar-refractivity contribution >= 4 is 67.8 Å². The van der Waals surface area contributed by atoms with Gasteiger partial charge in [0.1, 0.15) is 11.3 Å². The van der Waals surface area contributed by atoms with Gasteiger partial charge in [0.05, 0.1) is 25.1 Å². The first-order chi connectivity index (χ1) is 14.3. The number of halogens is 3. The van der Waals surface area contributed by atoms with Crippen molar-refractivity contribution in [3.63, 3.8) is 0 Å². The molecular weight excluding hydrogens is 497 g/mol. The van der Waals surface area contributed by atoms with Gasteiger partial charge in [0, 0.05) is 29.5 Å². The highest BCUT2D eigenvalue weighted by Crippen LogP contribution is 2.33. The zero-order valence-electron chi connectivity index (χ0n) is 14.8. The van der Waals surface area contributed by atoms with Crippen molar-refractivity contribution in [2.45, 2.75) is 0 Å². The number of hydrogen-bond donors (Lipinski definition) is 1. The third-order valence-corrected chi connectivity index (χ3v) is 5.52. The molecule has 7 nitrogen and oxygen atoms in total. The summed E-state index contributed by atoms with van der Waals surface area (Å²) in [5.74, 6) is 0.235. The number of oxazole rings is 1. The fourth-order valence-corrected chi connectivity index (χ4v) is 3.46. The molecule has 30 heavy (non-hydrogen) atoms. The number of phenols is 1. The standard InChI is InChI=1S/C20H10BrCl2N3O4/c21-14-8-13(26(28)29)5-11(19(14)27)9-24-12-2-4-18-17(7-12)25-20(30-18)10-1-3-15(22)16(23)6-10/h1-9,27H. The lowest BCUT2D eigenvalue weighted by molar-refractivity contribution is -0.385. The number of rotatable bonds is 4. The Balaban J connectivity index is 1.68. The average molecular weight is 507 g/mol. The summed E-state index contributed by atoms with van der Waals surface area (Å²) >= 11 is 15.1. The van der Waals surface area contributed by atoms with Gasteiger partial charge in [-0.25, -0.2) is 4.98 Å². The molecule has 4 aromatic rings. The van der Waals surface area contributed by atoms with Crippen LogP contribution in [-0.2, 0) is 0 Å². The maximum atomic E-state index is 11.0. The lowest BCUT2D eigenvalue weighted by Gasteiger charge is -2.02. The molecule has 1 aromatic heterocycles. The van der Waals surface area contributed by atoms with E-state index in [4.69, 9.17) is 27.6 Å². The van der Waals surface area contributed by atoms with Crippen LogP contribution in [0.15, 0.2) is 62.4 Å². The quantitative estimate of drug-likeness (QED) is 0.183. The number of fused-ring (bicyclic) bond motifs is 1. The van der Waals surface area contributed by atoms with Crippen LogP contribution in [0.5, 0.6) is 5.75 Å². The molecule has 0 amide bonds. The number of aliphatic imine (C=N–C) groups is 1. The number of nitro groups is 1. The highest BCUT2D eigenvalue weighted by molar-refractivity contribution is 9.10. The molecule has 0 saturated carbocycles. The van der Waals surface area contributed by atoms with Crippen molar-refractivity contribution < 1.29 is 14.4 Å². The number of nitro benzene ring substituents is 1. The van der Waals surface area contributed by atoms with Crippen molar-refractivity contribution in [3.05, 3.63) is 78.7 Å². The van der Waals surface area contributed by atoms with Gasteiger partial charge in [-0.15, -0.1) is 0 Å². The summed E-state index contributed by atoms with van der Waals surface area (Å²) < 4.78 is 5.96. The van der Waals surface area contributed by atoms with Gasteiger partial charge in [-0.3, -0.25) is 15.1 Å². The Labute approximate surface area is 187 Å². The van der Waals surface area contributed by atoms with Gasteiger partial charge >= 0.3 is 0 Å². The molecule has 0 atom stereocenters. The third kappa shape index (κ3) is 4.02.